The number of nitrogens with two attached hydrogens (primary N) is 1. The van der Waals surface area contributed by atoms with Gasteiger partial charge < -0.3 is 5.73 Å². The lowest BCUT2D eigenvalue weighted by atomic mass is 10.3. The molecule has 5 heteroatoms. The van der Waals surface area contributed by atoms with Crippen LogP contribution in [-0.2, 0) is 5.75 Å². The van der Waals surface area contributed by atoms with Gasteiger partial charge in [0, 0.05) is 11.4 Å². The topological polar surface area (TPSA) is 51.8 Å². The third-order valence-corrected chi connectivity index (χ3v) is 3.64. The molecular formula is C13H14ClN3S. The van der Waals surface area contributed by atoms with E-state index in [-0.39, 0.29) is 0 Å². The molecule has 0 aromatic carbocycles. The number of nitrogens with zero attached hydrogens (tertiary/aromatic N) is 2. The summed E-state index contributed by atoms with van der Waals surface area (Å²) in [6.07, 6.45) is 0. The van der Waals surface area contributed by atoms with Crippen molar-refractivity contribution in [2.45, 2.75) is 24.6 Å². The van der Waals surface area contributed by atoms with E-state index in [0.717, 1.165) is 16.4 Å². The van der Waals surface area contributed by atoms with E-state index >= 15 is 0 Å². The van der Waals surface area contributed by atoms with Crippen LogP contribution in [0, 0.1) is 13.8 Å². The third-order valence-electron chi connectivity index (χ3n) is 2.37. The summed E-state index contributed by atoms with van der Waals surface area (Å²) in [5.74, 6) is 1.16. The molecule has 94 valence electrons. The summed E-state index contributed by atoms with van der Waals surface area (Å²) in [5, 5.41) is 1.62. The van der Waals surface area contributed by atoms with Crippen molar-refractivity contribution in [3.05, 3.63) is 46.2 Å². The number of aryl methyl sites for hydroxylation is 2. The van der Waals surface area contributed by atoms with Gasteiger partial charge in [-0.05, 0) is 43.7 Å². The minimum Gasteiger partial charge on any atom is -0.384 e. The fraction of sp³-hybridized carbons (Fsp3) is 0.231. The summed E-state index contributed by atoms with van der Waals surface area (Å²) in [6.45, 7) is 4.05. The second kappa shape index (κ2) is 5.59. The van der Waals surface area contributed by atoms with Crippen LogP contribution >= 0.6 is 23.4 Å². The Morgan fingerprint density at radius 1 is 1.22 bits per heavy atom. The number of rotatable bonds is 3. The molecule has 0 aliphatic heterocycles. The van der Waals surface area contributed by atoms with Gasteiger partial charge >= 0.3 is 0 Å². The van der Waals surface area contributed by atoms with Gasteiger partial charge in [0.05, 0.1) is 15.7 Å². The number of hydrogen-bond acceptors (Lipinski definition) is 4. The SMILES string of the molecule is Cc1cc(C)nc(SCc2nc(N)ccc2Cl)c1. The van der Waals surface area contributed by atoms with Crippen molar-refractivity contribution in [1.82, 2.24) is 9.97 Å². The Hall–Kier alpha value is -1.26. The Kier molecular flexibility index (Phi) is 4.09. The Morgan fingerprint density at radius 2 is 2.00 bits per heavy atom. The zero-order chi connectivity index (χ0) is 13.1. The van der Waals surface area contributed by atoms with Gasteiger partial charge in [0.2, 0.25) is 0 Å². The lowest BCUT2D eigenvalue weighted by Crippen LogP contribution is -1.95. The molecule has 0 amide bonds. The fourth-order valence-electron chi connectivity index (χ4n) is 1.62. The second-order valence-corrected chi connectivity index (χ2v) is 5.48. The summed E-state index contributed by atoms with van der Waals surface area (Å²) in [6, 6.07) is 7.58. The Balaban J connectivity index is 2.13. The average Bonchev–Trinajstić information content (AvgIpc) is 2.29. The zero-order valence-corrected chi connectivity index (χ0v) is 11.8. The van der Waals surface area contributed by atoms with Crippen LogP contribution in [0.1, 0.15) is 17.0 Å². The molecule has 3 nitrogen and oxygen atoms in total. The molecule has 0 atom stereocenters. The predicted molar refractivity (Wildman–Crippen MR) is 76.9 cm³/mol. The molecule has 0 saturated carbocycles. The van der Waals surface area contributed by atoms with Crippen molar-refractivity contribution in [1.29, 1.82) is 0 Å². The summed E-state index contributed by atoms with van der Waals surface area (Å²) in [5.41, 5.74) is 8.67. The number of anilines is 1. The van der Waals surface area contributed by atoms with Gasteiger partial charge in [0.15, 0.2) is 0 Å². The molecule has 0 aliphatic carbocycles. The van der Waals surface area contributed by atoms with Crippen LogP contribution in [0.5, 0.6) is 0 Å². The molecule has 2 rings (SSSR count). The number of nitrogen functional groups attached to an aromatic ring is 1. The molecule has 2 aromatic rings. The first-order valence-corrected chi connectivity index (χ1v) is 6.90. The van der Waals surface area contributed by atoms with Crippen molar-refractivity contribution < 1.29 is 0 Å². The van der Waals surface area contributed by atoms with Crippen molar-refractivity contribution in [3.63, 3.8) is 0 Å². The maximum atomic E-state index is 6.07. The molecule has 18 heavy (non-hydrogen) atoms. The summed E-state index contributed by atoms with van der Waals surface area (Å²) in [4.78, 5) is 8.69. The number of thioether (sulfide) groups is 1. The number of halogens is 1. The maximum absolute atomic E-state index is 6.07. The molecule has 0 unspecified atom stereocenters. The van der Waals surface area contributed by atoms with Crippen LogP contribution < -0.4 is 5.73 Å². The molecule has 2 aromatic heterocycles. The molecule has 2 N–H and O–H groups in total. The number of pyridine rings is 2. The van der Waals surface area contributed by atoms with Gasteiger partial charge in [-0.25, -0.2) is 9.97 Å². The van der Waals surface area contributed by atoms with Gasteiger partial charge in [0.25, 0.3) is 0 Å². The molecular weight excluding hydrogens is 266 g/mol. The van der Waals surface area contributed by atoms with Gasteiger partial charge in [0.1, 0.15) is 5.82 Å². The normalized spacial score (nSPS) is 10.6. The highest BCUT2D eigenvalue weighted by Crippen LogP contribution is 2.25. The molecule has 0 aliphatic rings. The summed E-state index contributed by atoms with van der Waals surface area (Å²) >= 11 is 7.68. The van der Waals surface area contributed by atoms with Crippen LogP contribution in [0.3, 0.4) is 0 Å². The lowest BCUT2D eigenvalue weighted by molar-refractivity contribution is 1.04. The highest BCUT2D eigenvalue weighted by molar-refractivity contribution is 7.98. The third kappa shape index (κ3) is 3.37. The van der Waals surface area contributed by atoms with Gasteiger partial charge in [-0.15, -0.1) is 0 Å². The number of hydrogen-bond donors (Lipinski definition) is 1. The van der Waals surface area contributed by atoms with E-state index in [0.29, 0.717) is 16.6 Å². The van der Waals surface area contributed by atoms with E-state index in [1.54, 1.807) is 23.9 Å². The first-order chi connectivity index (χ1) is 8.54. The standard InChI is InChI=1S/C13H14ClN3S/c1-8-5-9(2)16-13(6-8)18-7-11-10(14)3-4-12(15)17-11/h3-6H,7H2,1-2H3,(H2,15,17). The van der Waals surface area contributed by atoms with Crippen LogP contribution in [0.15, 0.2) is 29.3 Å². The minimum absolute atomic E-state index is 0.489. The maximum Gasteiger partial charge on any atom is 0.123 e. The molecule has 0 radical (unpaired) electrons. The average molecular weight is 280 g/mol. The van der Waals surface area contributed by atoms with E-state index in [9.17, 15) is 0 Å². The fourth-order valence-corrected chi connectivity index (χ4v) is 2.86. The lowest BCUT2D eigenvalue weighted by Gasteiger charge is -2.05. The highest BCUT2D eigenvalue weighted by atomic mass is 35.5. The van der Waals surface area contributed by atoms with E-state index in [4.69, 9.17) is 17.3 Å². The van der Waals surface area contributed by atoms with Gasteiger partial charge in [-0.2, -0.15) is 0 Å². The molecule has 0 bridgehead atoms. The monoisotopic (exact) mass is 279 g/mol. The van der Waals surface area contributed by atoms with Crippen molar-refractivity contribution in [2.75, 3.05) is 5.73 Å². The Bertz CT molecular complexity index is 552. The van der Waals surface area contributed by atoms with E-state index in [1.807, 2.05) is 6.92 Å². The Labute approximate surface area is 116 Å². The first-order valence-electron chi connectivity index (χ1n) is 5.53. The number of aromatic nitrogens is 2. The van der Waals surface area contributed by atoms with Crippen molar-refractivity contribution in [2.24, 2.45) is 0 Å². The second-order valence-electron chi connectivity index (χ2n) is 4.08. The summed E-state index contributed by atoms with van der Waals surface area (Å²) in [7, 11) is 0. The van der Waals surface area contributed by atoms with Gasteiger partial charge in [-0.1, -0.05) is 23.4 Å². The van der Waals surface area contributed by atoms with Crippen molar-refractivity contribution in [3.8, 4) is 0 Å². The predicted octanol–water partition coefficient (Wildman–Crippen LogP) is 3.62. The molecule has 0 spiro atoms. The molecule has 0 fully saturated rings. The van der Waals surface area contributed by atoms with E-state index in [1.165, 1.54) is 5.56 Å². The quantitative estimate of drug-likeness (QED) is 0.872. The highest BCUT2D eigenvalue weighted by Gasteiger charge is 2.05. The van der Waals surface area contributed by atoms with E-state index < -0.39 is 0 Å². The molecule has 2 heterocycles. The van der Waals surface area contributed by atoms with Gasteiger partial charge in [-0.3, -0.25) is 0 Å². The Morgan fingerprint density at radius 3 is 2.72 bits per heavy atom. The van der Waals surface area contributed by atoms with Crippen molar-refractivity contribution >= 4 is 29.2 Å². The minimum atomic E-state index is 0.489. The summed E-state index contributed by atoms with van der Waals surface area (Å²) < 4.78 is 0. The smallest absolute Gasteiger partial charge is 0.123 e. The largest absolute Gasteiger partial charge is 0.384 e. The van der Waals surface area contributed by atoms with Crippen LogP contribution in [0.4, 0.5) is 5.82 Å². The van der Waals surface area contributed by atoms with Crippen LogP contribution in [0.25, 0.3) is 0 Å². The first kappa shape index (κ1) is 13.2. The van der Waals surface area contributed by atoms with Crippen LogP contribution in [-0.4, -0.2) is 9.97 Å². The molecule has 0 saturated heterocycles. The van der Waals surface area contributed by atoms with E-state index in [2.05, 4.69) is 29.0 Å². The van der Waals surface area contributed by atoms with Crippen LogP contribution in [0.2, 0.25) is 5.02 Å². The zero-order valence-electron chi connectivity index (χ0n) is 10.3.